The minimum atomic E-state index is -0.387. The van der Waals surface area contributed by atoms with Gasteiger partial charge in [0.2, 0.25) is 0 Å². The van der Waals surface area contributed by atoms with Crippen molar-refractivity contribution in [2.75, 3.05) is 13.7 Å². The molecule has 6 nitrogen and oxygen atoms in total. The fourth-order valence-corrected chi connectivity index (χ4v) is 4.06. The Labute approximate surface area is 178 Å². The maximum atomic E-state index is 12.5. The number of esters is 1. The molecule has 0 fully saturated rings. The third-order valence-corrected chi connectivity index (χ3v) is 5.77. The Morgan fingerprint density at radius 2 is 1.97 bits per heavy atom. The molecule has 1 aromatic heterocycles. The van der Waals surface area contributed by atoms with Gasteiger partial charge in [-0.15, -0.1) is 11.3 Å². The topological polar surface area (TPSA) is 68.7 Å². The Morgan fingerprint density at radius 1 is 1.17 bits per heavy atom. The third kappa shape index (κ3) is 3.97. The van der Waals surface area contributed by atoms with Crippen LogP contribution in [0.5, 0.6) is 5.75 Å². The van der Waals surface area contributed by atoms with Crippen LogP contribution in [0, 0.1) is 0 Å². The Kier molecular flexibility index (Phi) is 5.63. The molecular formula is C23H20N2O4S. The van der Waals surface area contributed by atoms with Gasteiger partial charge in [0.1, 0.15) is 17.4 Å². The Hall–Kier alpha value is -3.45. The normalized spacial score (nSPS) is 12.8. The largest absolute Gasteiger partial charge is 0.497 e. The minimum absolute atomic E-state index is 0.0889. The van der Waals surface area contributed by atoms with Crippen LogP contribution in [0.3, 0.4) is 0 Å². The average Bonchev–Trinajstić information content (AvgIpc) is 3.35. The fourth-order valence-electron chi connectivity index (χ4n) is 3.26. The molecule has 0 saturated carbocycles. The number of ether oxygens (including phenoxy) is 2. The number of methoxy groups -OCH3 is 1. The Bertz CT molecular complexity index is 1090. The monoisotopic (exact) mass is 420 g/mol. The van der Waals surface area contributed by atoms with Crippen LogP contribution in [0.4, 0.5) is 0 Å². The van der Waals surface area contributed by atoms with Gasteiger partial charge in [0.25, 0.3) is 5.91 Å². The molecule has 0 bridgehead atoms. The highest BCUT2D eigenvalue weighted by atomic mass is 32.1. The minimum Gasteiger partial charge on any atom is -0.497 e. The lowest BCUT2D eigenvalue weighted by atomic mass is 10.1. The summed E-state index contributed by atoms with van der Waals surface area (Å²) in [6.07, 6.45) is 0.0889. The van der Waals surface area contributed by atoms with Gasteiger partial charge in [0, 0.05) is 34.3 Å². The molecule has 0 aliphatic carbocycles. The smallest absolute Gasteiger partial charge is 0.307 e. The molecule has 1 aliphatic heterocycles. The summed E-state index contributed by atoms with van der Waals surface area (Å²) in [5.74, 6) is 0.240. The predicted molar refractivity (Wildman–Crippen MR) is 115 cm³/mol. The standard InChI is InChI=1S/C23H20N2O4S/c1-15-19-8-3-4-9-20(19)23(27)25(15)11-10-21(26)29-13-17-14-30-22(24-17)16-6-5-7-18(12-16)28-2/h3-9,12,14H,1,10-11,13H2,2H3. The van der Waals surface area contributed by atoms with Crippen LogP contribution >= 0.6 is 11.3 Å². The molecule has 1 aliphatic rings. The van der Waals surface area contributed by atoms with E-state index in [1.807, 2.05) is 47.8 Å². The first-order chi connectivity index (χ1) is 14.6. The van der Waals surface area contributed by atoms with Crippen molar-refractivity contribution < 1.29 is 19.1 Å². The molecule has 0 unspecified atom stereocenters. The van der Waals surface area contributed by atoms with Gasteiger partial charge in [-0.1, -0.05) is 36.9 Å². The summed E-state index contributed by atoms with van der Waals surface area (Å²) in [6, 6.07) is 14.9. The molecule has 3 aromatic rings. The molecule has 2 aromatic carbocycles. The molecule has 0 N–H and O–H groups in total. The molecule has 0 saturated heterocycles. The van der Waals surface area contributed by atoms with Crippen molar-refractivity contribution in [2.24, 2.45) is 0 Å². The van der Waals surface area contributed by atoms with E-state index in [0.29, 0.717) is 17.0 Å². The van der Waals surface area contributed by atoms with Crippen molar-refractivity contribution >= 4 is 28.9 Å². The van der Waals surface area contributed by atoms with Crippen molar-refractivity contribution in [2.45, 2.75) is 13.0 Å². The molecule has 4 rings (SSSR count). The van der Waals surface area contributed by atoms with Gasteiger partial charge in [0.15, 0.2) is 0 Å². The van der Waals surface area contributed by atoms with Gasteiger partial charge in [-0.05, 0) is 18.2 Å². The van der Waals surface area contributed by atoms with Crippen LogP contribution in [0.15, 0.2) is 60.5 Å². The van der Waals surface area contributed by atoms with Crippen molar-refractivity contribution in [1.29, 1.82) is 0 Å². The zero-order chi connectivity index (χ0) is 21.1. The average molecular weight is 420 g/mol. The number of fused-ring (bicyclic) bond motifs is 1. The van der Waals surface area contributed by atoms with E-state index in [-0.39, 0.29) is 31.4 Å². The molecule has 1 amide bonds. The lowest BCUT2D eigenvalue weighted by Gasteiger charge is -2.16. The van der Waals surface area contributed by atoms with E-state index >= 15 is 0 Å². The summed E-state index contributed by atoms with van der Waals surface area (Å²) in [6.45, 7) is 4.30. The Morgan fingerprint density at radius 3 is 2.73 bits per heavy atom. The summed E-state index contributed by atoms with van der Waals surface area (Å²) in [5.41, 5.74) is 3.67. The molecule has 2 heterocycles. The molecule has 30 heavy (non-hydrogen) atoms. The second-order valence-corrected chi connectivity index (χ2v) is 7.59. The highest BCUT2D eigenvalue weighted by Gasteiger charge is 2.30. The SMILES string of the molecule is C=C1c2ccccc2C(=O)N1CCC(=O)OCc1csc(-c2cccc(OC)c2)n1. The van der Waals surface area contributed by atoms with Crippen LogP contribution in [-0.4, -0.2) is 35.4 Å². The molecule has 0 radical (unpaired) electrons. The summed E-state index contributed by atoms with van der Waals surface area (Å²) in [7, 11) is 1.62. The van der Waals surface area contributed by atoms with Crippen LogP contribution in [-0.2, 0) is 16.1 Å². The van der Waals surface area contributed by atoms with Crippen LogP contribution in [0.2, 0.25) is 0 Å². The molecule has 7 heteroatoms. The first-order valence-electron chi connectivity index (χ1n) is 9.41. The zero-order valence-corrected chi connectivity index (χ0v) is 17.3. The number of nitrogens with zero attached hydrogens (tertiary/aromatic N) is 2. The van der Waals surface area contributed by atoms with Gasteiger partial charge in [0.05, 0.1) is 19.2 Å². The van der Waals surface area contributed by atoms with Crippen LogP contribution in [0.25, 0.3) is 16.3 Å². The highest BCUT2D eigenvalue weighted by Crippen LogP contribution is 2.31. The van der Waals surface area contributed by atoms with Gasteiger partial charge in [-0.25, -0.2) is 4.98 Å². The van der Waals surface area contributed by atoms with E-state index in [0.717, 1.165) is 21.9 Å². The number of carbonyl (C=O) groups is 2. The highest BCUT2D eigenvalue weighted by molar-refractivity contribution is 7.13. The van der Waals surface area contributed by atoms with Gasteiger partial charge >= 0.3 is 5.97 Å². The third-order valence-electron chi connectivity index (χ3n) is 4.83. The molecule has 0 atom stereocenters. The lowest BCUT2D eigenvalue weighted by Crippen LogP contribution is -2.26. The Balaban J connectivity index is 1.30. The van der Waals surface area contributed by atoms with Gasteiger partial charge < -0.3 is 14.4 Å². The summed E-state index contributed by atoms with van der Waals surface area (Å²) >= 11 is 1.48. The van der Waals surface area contributed by atoms with E-state index in [1.54, 1.807) is 13.2 Å². The summed E-state index contributed by atoms with van der Waals surface area (Å²) in [5, 5.41) is 2.70. The maximum Gasteiger partial charge on any atom is 0.307 e. The number of carbonyl (C=O) groups excluding carboxylic acids is 2. The second-order valence-electron chi connectivity index (χ2n) is 6.74. The van der Waals surface area contributed by atoms with E-state index in [4.69, 9.17) is 9.47 Å². The number of thiazole rings is 1. The molecule has 152 valence electrons. The lowest BCUT2D eigenvalue weighted by molar-refractivity contribution is -0.145. The summed E-state index contributed by atoms with van der Waals surface area (Å²) < 4.78 is 10.6. The van der Waals surface area contributed by atoms with E-state index < -0.39 is 0 Å². The number of benzene rings is 2. The molecular weight excluding hydrogens is 400 g/mol. The van der Waals surface area contributed by atoms with Crippen molar-refractivity contribution in [3.63, 3.8) is 0 Å². The number of hydrogen-bond acceptors (Lipinski definition) is 6. The first-order valence-corrected chi connectivity index (χ1v) is 10.3. The fraction of sp³-hybridized carbons (Fsp3) is 0.174. The zero-order valence-electron chi connectivity index (χ0n) is 16.5. The summed E-state index contributed by atoms with van der Waals surface area (Å²) in [4.78, 5) is 30.7. The molecule has 0 spiro atoms. The number of aromatic nitrogens is 1. The van der Waals surface area contributed by atoms with Gasteiger partial charge in [-0.3, -0.25) is 9.59 Å². The van der Waals surface area contributed by atoms with Crippen molar-refractivity contribution in [3.8, 4) is 16.3 Å². The first kappa shape index (κ1) is 19.8. The predicted octanol–water partition coefficient (Wildman–Crippen LogP) is 4.38. The van der Waals surface area contributed by atoms with E-state index in [2.05, 4.69) is 11.6 Å². The number of amides is 1. The second kappa shape index (κ2) is 8.51. The van der Waals surface area contributed by atoms with E-state index in [9.17, 15) is 9.59 Å². The van der Waals surface area contributed by atoms with Crippen molar-refractivity contribution in [1.82, 2.24) is 9.88 Å². The van der Waals surface area contributed by atoms with Crippen LogP contribution in [0.1, 0.15) is 28.0 Å². The maximum absolute atomic E-state index is 12.5. The quantitative estimate of drug-likeness (QED) is 0.531. The van der Waals surface area contributed by atoms with E-state index in [1.165, 1.54) is 16.2 Å². The number of rotatable bonds is 7. The van der Waals surface area contributed by atoms with Gasteiger partial charge in [-0.2, -0.15) is 0 Å². The van der Waals surface area contributed by atoms with Crippen molar-refractivity contribution in [3.05, 3.63) is 77.3 Å². The number of hydrogen-bond donors (Lipinski definition) is 0. The van der Waals surface area contributed by atoms with Crippen LogP contribution < -0.4 is 4.74 Å².